The standard InChI is InChI=1S/C25H49N2/c1-4-7-10-13-16-19-22-27-24-23-26(21-18-15-12-9-6-3)25(27)20-17-14-11-8-5-2/h23-24H,4-22H2,1-3H3/q+1. The molecule has 0 aromatic carbocycles. The largest absolute Gasteiger partial charge is 0.256 e. The molecule has 0 saturated heterocycles. The average molecular weight is 378 g/mol. The van der Waals surface area contributed by atoms with Crippen molar-refractivity contribution < 1.29 is 4.57 Å². The Morgan fingerprint density at radius 2 is 1.15 bits per heavy atom. The Labute approximate surface area is 170 Å². The molecule has 1 heterocycles. The summed E-state index contributed by atoms with van der Waals surface area (Å²) in [6.07, 6.45) is 28.1. The van der Waals surface area contributed by atoms with Gasteiger partial charge in [0.15, 0.2) is 0 Å². The minimum absolute atomic E-state index is 1.22. The van der Waals surface area contributed by atoms with Crippen molar-refractivity contribution in [3.63, 3.8) is 0 Å². The second-order valence-electron chi connectivity index (χ2n) is 8.45. The fourth-order valence-corrected chi connectivity index (χ4v) is 4.03. The van der Waals surface area contributed by atoms with Crippen molar-refractivity contribution in [1.82, 2.24) is 4.57 Å². The number of hydrogen-bond acceptors (Lipinski definition) is 0. The summed E-state index contributed by atoms with van der Waals surface area (Å²) in [5.74, 6) is 1.59. The number of aromatic nitrogens is 2. The summed E-state index contributed by atoms with van der Waals surface area (Å²) >= 11 is 0. The summed E-state index contributed by atoms with van der Waals surface area (Å²) in [6.45, 7) is 9.34. The lowest BCUT2D eigenvalue weighted by atomic mass is 10.1. The zero-order valence-corrected chi connectivity index (χ0v) is 19.0. The molecule has 158 valence electrons. The first-order chi connectivity index (χ1) is 13.3. The third-order valence-corrected chi connectivity index (χ3v) is 5.85. The molecule has 0 aliphatic heterocycles. The molecule has 0 N–H and O–H groups in total. The number of aryl methyl sites for hydroxylation is 2. The summed E-state index contributed by atoms with van der Waals surface area (Å²) in [6, 6.07) is 0. The van der Waals surface area contributed by atoms with Crippen LogP contribution in [0.15, 0.2) is 12.4 Å². The highest BCUT2D eigenvalue weighted by atomic mass is 15.1. The SMILES string of the molecule is CCCCCCCCn1cc[n+](CCCCCCC)c1CCCCCCC. The van der Waals surface area contributed by atoms with Crippen molar-refractivity contribution in [3.8, 4) is 0 Å². The molecule has 1 rings (SSSR count). The molecule has 0 radical (unpaired) electrons. The fraction of sp³-hybridized carbons (Fsp3) is 0.880. The van der Waals surface area contributed by atoms with Crippen molar-refractivity contribution in [3.05, 3.63) is 18.2 Å². The van der Waals surface area contributed by atoms with Gasteiger partial charge < -0.3 is 0 Å². The van der Waals surface area contributed by atoms with Gasteiger partial charge in [-0.05, 0) is 32.1 Å². The van der Waals surface area contributed by atoms with E-state index in [4.69, 9.17) is 0 Å². The van der Waals surface area contributed by atoms with E-state index < -0.39 is 0 Å². The first-order valence-electron chi connectivity index (χ1n) is 12.4. The van der Waals surface area contributed by atoms with Crippen molar-refractivity contribution >= 4 is 0 Å². The van der Waals surface area contributed by atoms with Gasteiger partial charge in [0.2, 0.25) is 0 Å². The summed E-state index contributed by atoms with van der Waals surface area (Å²) in [5.41, 5.74) is 0. The minimum atomic E-state index is 1.22. The zero-order chi connectivity index (χ0) is 19.6. The van der Waals surface area contributed by atoms with E-state index in [0.717, 1.165) is 0 Å². The van der Waals surface area contributed by atoms with Crippen LogP contribution in [0.3, 0.4) is 0 Å². The van der Waals surface area contributed by atoms with Gasteiger partial charge >= 0.3 is 0 Å². The second-order valence-corrected chi connectivity index (χ2v) is 8.45. The molecule has 0 fully saturated rings. The van der Waals surface area contributed by atoms with Crippen molar-refractivity contribution in [2.45, 2.75) is 143 Å². The van der Waals surface area contributed by atoms with Crippen LogP contribution in [0.1, 0.15) is 129 Å². The summed E-state index contributed by atoms with van der Waals surface area (Å²) in [4.78, 5) is 0. The minimum Gasteiger partial charge on any atom is -0.234 e. The van der Waals surface area contributed by atoms with Crippen molar-refractivity contribution in [1.29, 1.82) is 0 Å². The molecule has 0 atom stereocenters. The molecule has 0 spiro atoms. The zero-order valence-electron chi connectivity index (χ0n) is 19.0. The third kappa shape index (κ3) is 11.6. The Balaban J connectivity index is 2.46. The third-order valence-electron chi connectivity index (χ3n) is 5.85. The molecule has 0 amide bonds. The van der Waals surface area contributed by atoms with E-state index in [2.05, 4.69) is 42.3 Å². The first-order valence-corrected chi connectivity index (χ1v) is 12.4. The smallest absolute Gasteiger partial charge is 0.234 e. The number of imidazole rings is 1. The number of rotatable bonds is 19. The molecule has 0 saturated carbocycles. The Morgan fingerprint density at radius 3 is 1.78 bits per heavy atom. The van der Waals surface area contributed by atoms with Crippen LogP contribution in [0.5, 0.6) is 0 Å². The second kappa shape index (κ2) is 17.3. The molecule has 2 nitrogen and oxygen atoms in total. The number of nitrogens with zero attached hydrogens (tertiary/aromatic N) is 2. The van der Waals surface area contributed by atoms with Crippen LogP contribution in [0.25, 0.3) is 0 Å². The van der Waals surface area contributed by atoms with Gasteiger partial charge in [0.1, 0.15) is 12.4 Å². The van der Waals surface area contributed by atoms with Crippen LogP contribution in [-0.4, -0.2) is 4.57 Å². The van der Waals surface area contributed by atoms with Crippen molar-refractivity contribution in [2.24, 2.45) is 0 Å². The molecule has 1 aromatic rings. The quantitative estimate of drug-likeness (QED) is 0.173. The Kier molecular flexibility index (Phi) is 15.6. The summed E-state index contributed by atoms with van der Waals surface area (Å²) in [7, 11) is 0. The van der Waals surface area contributed by atoms with E-state index in [-0.39, 0.29) is 0 Å². The van der Waals surface area contributed by atoms with E-state index in [1.165, 1.54) is 122 Å². The highest BCUT2D eigenvalue weighted by molar-refractivity contribution is 4.84. The normalized spacial score (nSPS) is 11.4. The van der Waals surface area contributed by atoms with Crippen molar-refractivity contribution in [2.75, 3.05) is 0 Å². The molecule has 0 aliphatic carbocycles. The Morgan fingerprint density at radius 1 is 0.630 bits per heavy atom. The van der Waals surface area contributed by atoms with E-state index >= 15 is 0 Å². The predicted molar refractivity (Wildman–Crippen MR) is 119 cm³/mol. The maximum atomic E-state index is 2.58. The molecule has 0 bridgehead atoms. The average Bonchev–Trinajstić information content (AvgIpc) is 3.06. The van der Waals surface area contributed by atoms with Gasteiger partial charge in [-0.2, -0.15) is 0 Å². The van der Waals surface area contributed by atoms with E-state index in [1.807, 2.05) is 0 Å². The molecule has 0 unspecified atom stereocenters. The predicted octanol–water partition coefficient (Wildman–Crippen LogP) is 7.62. The fourth-order valence-electron chi connectivity index (χ4n) is 4.03. The molecule has 0 aliphatic rings. The number of hydrogen-bond donors (Lipinski definition) is 0. The van der Waals surface area contributed by atoms with Gasteiger partial charge in [0.25, 0.3) is 5.82 Å². The highest BCUT2D eigenvalue weighted by Crippen LogP contribution is 2.11. The summed E-state index contributed by atoms with van der Waals surface area (Å²) in [5, 5.41) is 0. The summed E-state index contributed by atoms with van der Waals surface area (Å²) < 4.78 is 5.15. The van der Waals surface area contributed by atoms with E-state index in [1.54, 1.807) is 5.82 Å². The monoisotopic (exact) mass is 377 g/mol. The number of unbranched alkanes of at least 4 members (excludes halogenated alkanes) is 13. The van der Waals surface area contributed by atoms with Crippen LogP contribution in [0, 0.1) is 0 Å². The molecule has 2 heteroatoms. The first kappa shape index (κ1) is 24.2. The van der Waals surface area contributed by atoms with Gasteiger partial charge in [-0.1, -0.05) is 91.4 Å². The van der Waals surface area contributed by atoms with E-state index in [0.29, 0.717) is 0 Å². The van der Waals surface area contributed by atoms with Crippen LogP contribution in [0.2, 0.25) is 0 Å². The topological polar surface area (TPSA) is 8.81 Å². The maximum absolute atomic E-state index is 2.58. The van der Waals surface area contributed by atoms with Crippen LogP contribution < -0.4 is 4.57 Å². The molecular weight excluding hydrogens is 328 g/mol. The van der Waals surface area contributed by atoms with Gasteiger partial charge in [0.05, 0.1) is 13.1 Å². The van der Waals surface area contributed by atoms with Gasteiger partial charge in [0, 0.05) is 6.42 Å². The van der Waals surface area contributed by atoms with Gasteiger partial charge in [-0.3, -0.25) is 0 Å². The lowest BCUT2D eigenvalue weighted by molar-refractivity contribution is -0.704. The molecule has 27 heavy (non-hydrogen) atoms. The Bertz CT molecular complexity index is 436. The van der Waals surface area contributed by atoms with Crippen LogP contribution >= 0.6 is 0 Å². The lowest BCUT2D eigenvalue weighted by Crippen LogP contribution is -2.37. The molecule has 1 aromatic heterocycles. The lowest BCUT2D eigenvalue weighted by Gasteiger charge is -2.06. The Hall–Kier alpha value is -0.790. The highest BCUT2D eigenvalue weighted by Gasteiger charge is 2.16. The molecular formula is C25H49N2+. The van der Waals surface area contributed by atoms with Crippen LogP contribution in [0.4, 0.5) is 0 Å². The van der Waals surface area contributed by atoms with E-state index in [9.17, 15) is 0 Å². The van der Waals surface area contributed by atoms with Crippen LogP contribution in [-0.2, 0) is 19.5 Å². The van der Waals surface area contributed by atoms with Gasteiger partial charge in [-0.25, -0.2) is 9.13 Å². The maximum Gasteiger partial charge on any atom is 0.256 e. The van der Waals surface area contributed by atoms with Gasteiger partial charge in [-0.15, -0.1) is 0 Å².